The molecule has 16 heavy (non-hydrogen) atoms. The van der Waals surface area contributed by atoms with Gasteiger partial charge >= 0.3 is 0 Å². The van der Waals surface area contributed by atoms with E-state index in [9.17, 15) is 0 Å². The molecule has 0 radical (unpaired) electrons. The van der Waals surface area contributed by atoms with Gasteiger partial charge in [0.1, 0.15) is 11.6 Å². The molecule has 0 unspecified atom stereocenters. The van der Waals surface area contributed by atoms with Gasteiger partial charge in [-0.05, 0) is 31.9 Å². The zero-order chi connectivity index (χ0) is 11.1. The number of nitrogens with one attached hydrogen (secondary N) is 1. The lowest BCUT2D eigenvalue weighted by atomic mass is 10.1. The Labute approximate surface area is 93.9 Å². The lowest BCUT2D eigenvalue weighted by molar-refractivity contribution is 0.926. The first-order chi connectivity index (χ1) is 7.75. The molecule has 0 spiro atoms. The molecule has 0 amide bonds. The van der Waals surface area contributed by atoms with Gasteiger partial charge in [0.15, 0.2) is 0 Å². The summed E-state index contributed by atoms with van der Waals surface area (Å²) in [5.74, 6) is 2.02. The van der Waals surface area contributed by atoms with E-state index in [2.05, 4.69) is 15.0 Å². The van der Waals surface area contributed by atoms with Gasteiger partial charge in [-0.3, -0.25) is 0 Å². The van der Waals surface area contributed by atoms with Crippen molar-refractivity contribution < 1.29 is 0 Å². The molecule has 0 bridgehead atoms. The minimum Gasteiger partial charge on any atom is -0.383 e. The number of rotatable bonds is 2. The number of anilines is 1. The van der Waals surface area contributed by atoms with Crippen LogP contribution in [0, 0.1) is 6.92 Å². The largest absolute Gasteiger partial charge is 0.383 e. The molecule has 3 N–H and O–H groups in total. The topological polar surface area (TPSA) is 67.6 Å². The SMILES string of the molecule is Cc1c(N)nc(C2CC2)nc1-c1ccc[nH]1. The monoisotopic (exact) mass is 214 g/mol. The molecule has 4 nitrogen and oxygen atoms in total. The molecular weight excluding hydrogens is 200 g/mol. The molecule has 1 aliphatic carbocycles. The lowest BCUT2D eigenvalue weighted by Gasteiger charge is -2.08. The lowest BCUT2D eigenvalue weighted by Crippen LogP contribution is -2.04. The Hall–Kier alpha value is -1.84. The summed E-state index contributed by atoms with van der Waals surface area (Å²) in [5, 5.41) is 0. The summed E-state index contributed by atoms with van der Waals surface area (Å²) in [6.45, 7) is 1.96. The van der Waals surface area contributed by atoms with E-state index >= 15 is 0 Å². The minimum atomic E-state index is 0.525. The molecule has 0 aliphatic heterocycles. The Bertz CT molecular complexity index is 512. The van der Waals surface area contributed by atoms with E-state index < -0.39 is 0 Å². The first-order valence-electron chi connectivity index (χ1n) is 5.53. The van der Waals surface area contributed by atoms with Gasteiger partial charge in [-0.2, -0.15) is 0 Å². The first-order valence-corrected chi connectivity index (χ1v) is 5.53. The van der Waals surface area contributed by atoms with E-state index in [0.717, 1.165) is 22.8 Å². The molecule has 0 saturated heterocycles. The third-order valence-corrected chi connectivity index (χ3v) is 3.00. The molecular formula is C12H14N4. The van der Waals surface area contributed by atoms with Crippen LogP contribution in [0.2, 0.25) is 0 Å². The van der Waals surface area contributed by atoms with Crippen molar-refractivity contribution in [1.29, 1.82) is 0 Å². The first kappa shape index (κ1) is 9.39. The van der Waals surface area contributed by atoms with Crippen LogP contribution in [-0.4, -0.2) is 15.0 Å². The average Bonchev–Trinajstić information content (AvgIpc) is 2.98. The number of hydrogen-bond acceptors (Lipinski definition) is 3. The van der Waals surface area contributed by atoms with Gasteiger partial charge in [-0.15, -0.1) is 0 Å². The normalized spacial score (nSPS) is 15.3. The van der Waals surface area contributed by atoms with Gasteiger partial charge in [0, 0.05) is 17.7 Å². The molecule has 1 aliphatic rings. The van der Waals surface area contributed by atoms with Crippen LogP contribution >= 0.6 is 0 Å². The van der Waals surface area contributed by atoms with Crippen molar-refractivity contribution in [1.82, 2.24) is 15.0 Å². The van der Waals surface area contributed by atoms with E-state index in [1.807, 2.05) is 25.3 Å². The Morgan fingerprint density at radius 2 is 2.19 bits per heavy atom. The number of nitrogen functional groups attached to an aromatic ring is 1. The standard InChI is InChI=1S/C12H14N4/c1-7-10(9-3-2-6-14-9)15-12(8-4-5-8)16-11(7)13/h2-3,6,8,14H,4-5H2,1H3,(H2,13,15,16). The Morgan fingerprint density at radius 1 is 1.38 bits per heavy atom. The number of hydrogen-bond donors (Lipinski definition) is 2. The predicted molar refractivity (Wildman–Crippen MR) is 62.9 cm³/mol. The van der Waals surface area contributed by atoms with Crippen LogP contribution in [0.1, 0.15) is 30.1 Å². The highest BCUT2D eigenvalue weighted by atomic mass is 15.0. The van der Waals surface area contributed by atoms with Crippen LogP contribution in [0.3, 0.4) is 0 Å². The fourth-order valence-electron chi connectivity index (χ4n) is 1.82. The van der Waals surface area contributed by atoms with Gasteiger partial charge in [-0.25, -0.2) is 9.97 Å². The summed E-state index contributed by atoms with van der Waals surface area (Å²) in [7, 11) is 0. The fourth-order valence-corrected chi connectivity index (χ4v) is 1.82. The molecule has 3 rings (SSSR count). The Morgan fingerprint density at radius 3 is 2.81 bits per heavy atom. The number of nitrogens with zero attached hydrogens (tertiary/aromatic N) is 2. The summed E-state index contributed by atoms with van der Waals surface area (Å²) < 4.78 is 0. The number of nitrogens with two attached hydrogens (primary N) is 1. The molecule has 1 fully saturated rings. The maximum atomic E-state index is 5.93. The van der Waals surface area contributed by atoms with Crippen LogP contribution in [0.5, 0.6) is 0 Å². The van der Waals surface area contributed by atoms with Gasteiger partial charge in [0.2, 0.25) is 0 Å². The van der Waals surface area contributed by atoms with Crippen molar-refractivity contribution in [3.05, 3.63) is 29.7 Å². The van der Waals surface area contributed by atoms with Crippen LogP contribution in [0.15, 0.2) is 18.3 Å². The molecule has 2 heterocycles. The van der Waals surface area contributed by atoms with E-state index in [1.165, 1.54) is 12.8 Å². The predicted octanol–water partition coefficient (Wildman–Crippen LogP) is 2.24. The molecule has 0 aromatic carbocycles. The van der Waals surface area contributed by atoms with E-state index in [4.69, 9.17) is 5.73 Å². The van der Waals surface area contributed by atoms with Crippen molar-refractivity contribution >= 4 is 5.82 Å². The summed E-state index contributed by atoms with van der Waals surface area (Å²) in [5.41, 5.74) is 8.82. The highest BCUT2D eigenvalue weighted by Crippen LogP contribution is 2.39. The molecule has 2 aromatic heterocycles. The zero-order valence-corrected chi connectivity index (χ0v) is 9.20. The van der Waals surface area contributed by atoms with Gasteiger partial charge in [0.25, 0.3) is 0 Å². The summed E-state index contributed by atoms with van der Waals surface area (Å²) in [6.07, 6.45) is 4.27. The van der Waals surface area contributed by atoms with Gasteiger partial charge in [-0.1, -0.05) is 0 Å². The number of aromatic nitrogens is 3. The second kappa shape index (κ2) is 3.33. The zero-order valence-electron chi connectivity index (χ0n) is 9.20. The maximum absolute atomic E-state index is 5.93. The smallest absolute Gasteiger partial charge is 0.134 e. The van der Waals surface area contributed by atoms with Crippen molar-refractivity contribution in [2.45, 2.75) is 25.7 Å². The number of aromatic amines is 1. The average molecular weight is 214 g/mol. The van der Waals surface area contributed by atoms with Crippen molar-refractivity contribution in [2.24, 2.45) is 0 Å². The molecule has 4 heteroatoms. The Kier molecular flexibility index (Phi) is 1.96. The highest BCUT2D eigenvalue weighted by Gasteiger charge is 2.28. The quantitative estimate of drug-likeness (QED) is 0.805. The maximum Gasteiger partial charge on any atom is 0.134 e. The molecule has 1 saturated carbocycles. The third kappa shape index (κ3) is 1.46. The van der Waals surface area contributed by atoms with Crippen molar-refractivity contribution in [3.63, 3.8) is 0 Å². The van der Waals surface area contributed by atoms with Crippen LogP contribution in [0.25, 0.3) is 11.4 Å². The third-order valence-electron chi connectivity index (χ3n) is 3.00. The molecule has 82 valence electrons. The molecule has 0 atom stereocenters. The summed E-state index contributed by atoms with van der Waals surface area (Å²) >= 11 is 0. The highest BCUT2D eigenvalue weighted by molar-refractivity contribution is 5.64. The van der Waals surface area contributed by atoms with E-state index in [0.29, 0.717) is 11.7 Å². The van der Waals surface area contributed by atoms with Crippen molar-refractivity contribution in [3.8, 4) is 11.4 Å². The number of H-pyrrole nitrogens is 1. The van der Waals surface area contributed by atoms with Crippen molar-refractivity contribution in [2.75, 3.05) is 5.73 Å². The Balaban J connectivity index is 2.15. The van der Waals surface area contributed by atoms with E-state index in [-0.39, 0.29) is 0 Å². The summed E-state index contributed by atoms with van der Waals surface area (Å²) in [4.78, 5) is 12.1. The van der Waals surface area contributed by atoms with Gasteiger partial charge < -0.3 is 10.7 Å². The molecule has 2 aromatic rings. The van der Waals surface area contributed by atoms with Crippen LogP contribution < -0.4 is 5.73 Å². The fraction of sp³-hybridized carbons (Fsp3) is 0.333. The van der Waals surface area contributed by atoms with Gasteiger partial charge in [0.05, 0.1) is 11.4 Å². The summed E-state index contributed by atoms with van der Waals surface area (Å²) in [6, 6.07) is 3.97. The van der Waals surface area contributed by atoms with Crippen LogP contribution in [-0.2, 0) is 0 Å². The van der Waals surface area contributed by atoms with Crippen LogP contribution in [0.4, 0.5) is 5.82 Å². The second-order valence-corrected chi connectivity index (χ2v) is 4.30. The van der Waals surface area contributed by atoms with E-state index in [1.54, 1.807) is 0 Å². The minimum absolute atomic E-state index is 0.525. The second-order valence-electron chi connectivity index (χ2n) is 4.30.